The maximum atomic E-state index is 5.59. The third kappa shape index (κ3) is 3.67. The number of para-hydroxylation sites is 1. The first kappa shape index (κ1) is 16.5. The topological polar surface area (TPSA) is 56.3 Å². The highest BCUT2D eigenvalue weighted by Crippen LogP contribution is 2.25. The fraction of sp³-hybridized carbons (Fsp3) is 0.238. The molecule has 0 saturated carbocycles. The number of fused-ring (bicyclic) bond motifs is 1. The lowest BCUT2D eigenvalue weighted by atomic mass is 10.1. The second-order valence-corrected chi connectivity index (χ2v) is 5.88. The summed E-state index contributed by atoms with van der Waals surface area (Å²) in [7, 11) is 0. The Hall–Kier alpha value is -2.94. The summed E-state index contributed by atoms with van der Waals surface area (Å²) in [5.74, 6) is 7.29. The van der Waals surface area contributed by atoms with Crippen LogP contribution in [-0.2, 0) is 9.47 Å². The van der Waals surface area contributed by atoms with Gasteiger partial charge in [-0.05, 0) is 18.2 Å². The molecule has 0 amide bonds. The molecule has 1 N–H and O–H groups in total. The summed E-state index contributed by atoms with van der Waals surface area (Å²) >= 11 is 0. The van der Waals surface area contributed by atoms with E-state index in [4.69, 9.17) is 9.47 Å². The molecule has 2 aromatic carbocycles. The minimum atomic E-state index is -0.300. The van der Waals surface area contributed by atoms with Crippen molar-refractivity contribution < 1.29 is 9.47 Å². The van der Waals surface area contributed by atoms with Crippen molar-refractivity contribution in [3.63, 3.8) is 0 Å². The molecule has 1 aromatic heterocycles. The first-order chi connectivity index (χ1) is 12.9. The van der Waals surface area contributed by atoms with Gasteiger partial charge in [0.15, 0.2) is 6.29 Å². The highest BCUT2D eigenvalue weighted by atomic mass is 16.7. The van der Waals surface area contributed by atoms with Crippen molar-refractivity contribution in [2.24, 2.45) is 0 Å². The summed E-state index contributed by atoms with van der Waals surface area (Å²) in [6.07, 6.45) is 1.98. The Kier molecular flexibility index (Phi) is 5.06. The molecule has 1 saturated heterocycles. The standard InChI is InChI=1S/C21H19N3O2/c1-2-9-17(21-25-13-14-26-21)16(7-1)8-5-6-12-22-20-18-10-3-4-11-19(18)23-15-24-20/h1-4,7,9-11,15,21H,6,12-14H2,(H,22,23,24). The SMILES string of the molecule is C(#Cc1ccccc1C1OCCO1)CCNc1ncnc2ccccc12. The van der Waals surface area contributed by atoms with Gasteiger partial charge >= 0.3 is 0 Å². The number of hydrogen-bond donors (Lipinski definition) is 1. The molecule has 4 rings (SSSR count). The molecule has 5 nitrogen and oxygen atoms in total. The Morgan fingerprint density at radius 3 is 2.73 bits per heavy atom. The Labute approximate surface area is 152 Å². The second-order valence-electron chi connectivity index (χ2n) is 5.88. The van der Waals surface area contributed by atoms with Crippen molar-refractivity contribution in [2.75, 3.05) is 25.1 Å². The predicted octanol–water partition coefficient (Wildman–Crippen LogP) is 3.53. The lowest BCUT2D eigenvalue weighted by molar-refractivity contribution is -0.0442. The van der Waals surface area contributed by atoms with Crippen molar-refractivity contribution in [1.82, 2.24) is 9.97 Å². The van der Waals surface area contributed by atoms with E-state index in [2.05, 4.69) is 27.1 Å². The van der Waals surface area contributed by atoms with Crippen molar-refractivity contribution in [2.45, 2.75) is 12.7 Å². The summed E-state index contributed by atoms with van der Waals surface area (Å²) < 4.78 is 11.2. The van der Waals surface area contributed by atoms with E-state index in [0.29, 0.717) is 26.2 Å². The Morgan fingerprint density at radius 2 is 1.81 bits per heavy atom. The zero-order valence-electron chi connectivity index (χ0n) is 14.3. The van der Waals surface area contributed by atoms with Crippen LogP contribution in [0.25, 0.3) is 10.9 Å². The third-order valence-corrected chi connectivity index (χ3v) is 4.14. The van der Waals surface area contributed by atoms with Crippen LogP contribution in [-0.4, -0.2) is 29.7 Å². The lowest BCUT2D eigenvalue weighted by Gasteiger charge is -2.11. The molecule has 1 aliphatic heterocycles. The summed E-state index contributed by atoms with van der Waals surface area (Å²) in [6.45, 7) is 1.97. The molecule has 0 spiro atoms. The van der Waals surface area contributed by atoms with E-state index in [1.807, 2.05) is 48.5 Å². The number of ether oxygens (including phenoxy) is 2. The van der Waals surface area contributed by atoms with Crippen LogP contribution in [0.5, 0.6) is 0 Å². The molecule has 1 fully saturated rings. The third-order valence-electron chi connectivity index (χ3n) is 4.14. The minimum absolute atomic E-state index is 0.300. The number of nitrogens with zero attached hydrogens (tertiary/aromatic N) is 2. The number of benzene rings is 2. The molecule has 0 unspecified atom stereocenters. The fourth-order valence-electron chi connectivity index (χ4n) is 2.90. The molecule has 2 heterocycles. The maximum Gasteiger partial charge on any atom is 0.185 e. The largest absolute Gasteiger partial charge is 0.368 e. The molecule has 0 atom stereocenters. The molecule has 0 radical (unpaired) electrons. The summed E-state index contributed by atoms with van der Waals surface area (Å²) in [5, 5.41) is 4.36. The van der Waals surface area contributed by atoms with Gasteiger partial charge in [-0.2, -0.15) is 0 Å². The van der Waals surface area contributed by atoms with E-state index < -0.39 is 0 Å². The van der Waals surface area contributed by atoms with E-state index in [0.717, 1.165) is 27.8 Å². The van der Waals surface area contributed by atoms with Crippen molar-refractivity contribution in [3.8, 4) is 11.8 Å². The molecular formula is C21H19N3O2. The van der Waals surface area contributed by atoms with Crippen LogP contribution in [0.15, 0.2) is 54.9 Å². The normalized spacial score (nSPS) is 14.2. The zero-order chi connectivity index (χ0) is 17.6. The number of rotatable bonds is 4. The van der Waals surface area contributed by atoms with Crippen molar-refractivity contribution >= 4 is 16.7 Å². The van der Waals surface area contributed by atoms with E-state index in [9.17, 15) is 0 Å². The van der Waals surface area contributed by atoms with Crippen LogP contribution in [0.4, 0.5) is 5.82 Å². The second kappa shape index (κ2) is 7.96. The minimum Gasteiger partial charge on any atom is -0.368 e. The van der Waals surface area contributed by atoms with Gasteiger partial charge < -0.3 is 14.8 Å². The van der Waals surface area contributed by atoms with E-state index in [1.54, 1.807) is 6.33 Å². The number of hydrogen-bond acceptors (Lipinski definition) is 5. The van der Waals surface area contributed by atoms with Crippen LogP contribution >= 0.6 is 0 Å². The Morgan fingerprint density at radius 1 is 1.00 bits per heavy atom. The summed E-state index contributed by atoms with van der Waals surface area (Å²) in [4.78, 5) is 8.60. The van der Waals surface area contributed by atoms with Gasteiger partial charge in [0, 0.05) is 29.5 Å². The maximum absolute atomic E-state index is 5.59. The number of anilines is 1. The van der Waals surface area contributed by atoms with Gasteiger partial charge in [0.1, 0.15) is 12.1 Å². The van der Waals surface area contributed by atoms with Gasteiger partial charge in [-0.15, -0.1) is 0 Å². The predicted molar refractivity (Wildman–Crippen MR) is 101 cm³/mol. The summed E-state index contributed by atoms with van der Waals surface area (Å²) in [6, 6.07) is 15.9. The smallest absolute Gasteiger partial charge is 0.185 e. The molecule has 130 valence electrons. The van der Waals surface area contributed by atoms with Crippen LogP contribution in [0.3, 0.4) is 0 Å². The quantitative estimate of drug-likeness (QED) is 0.579. The van der Waals surface area contributed by atoms with E-state index in [1.165, 1.54) is 0 Å². The average molecular weight is 345 g/mol. The van der Waals surface area contributed by atoms with Gasteiger partial charge in [0.2, 0.25) is 0 Å². The van der Waals surface area contributed by atoms with Gasteiger partial charge in [0.25, 0.3) is 0 Å². The number of nitrogens with one attached hydrogen (secondary N) is 1. The monoisotopic (exact) mass is 345 g/mol. The Balaban J connectivity index is 1.40. The first-order valence-corrected chi connectivity index (χ1v) is 8.66. The average Bonchev–Trinajstić information content (AvgIpc) is 3.23. The molecule has 1 aliphatic rings. The first-order valence-electron chi connectivity index (χ1n) is 8.66. The Bertz CT molecular complexity index is 951. The lowest BCUT2D eigenvalue weighted by Crippen LogP contribution is -2.03. The number of aromatic nitrogens is 2. The zero-order valence-corrected chi connectivity index (χ0v) is 14.3. The fourth-order valence-corrected chi connectivity index (χ4v) is 2.90. The van der Waals surface area contributed by atoms with Gasteiger partial charge in [-0.1, -0.05) is 42.2 Å². The van der Waals surface area contributed by atoms with E-state index in [-0.39, 0.29) is 6.29 Å². The van der Waals surface area contributed by atoms with Crippen LogP contribution in [0.1, 0.15) is 23.8 Å². The van der Waals surface area contributed by atoms with Gasteiger partial charge in [-0.25, -0.2) is 9.97 Å². The van der Waals surface area contributed by atoms with Crippen LogP contribution < -0.4 is 5.32 Å². The van der Waals surface area contributed by atoms with Crippen molar-refractivity contribution in [3.05, 3.63) is 66.0 Å². The highest BCUT2D eigenvalue weighted by molar-refractivity contribution is 5.88. The van der Waals surface area contributed by atoms with Gasteiger partial charge in [-0.3, -0.25) is 0 Å². The van der Waals surface area contributed by atoms with Crippen LogP contribution in [0, 0.1) is 11.8 Å². The highest BCUT2D eigenvalue weighted by Gasteiger charge is 2.20. The van der Waals surface area contributed by atoms with E-state index >= 15 is 0 Å². The molecule has 5 heteroatoms. The summed E-state index contributed by atoms with van der Waals surface area (Å²) in [5.41, 5.74) is 2.88. The molecule has 0 bridgehead atoms. The molecule has 3 aromatic rings. The molecule has 26 heavy (non-hydrogen) atoms. The van der Waals surface area contributed by atoms with Crippen molar-refractivity contribution in [1.29, 1.82) is 0 Å². The molecule has 0 aliphatic carbocycles. The molecular weight excluding hydrogens is 326 g/mol. The van der Waals surface area contributed by atoms with Gasteiger partial charge in [0.05, 0.1) is 18.7 Å². The van der Waals surface area contributed by atoms with Crippen LogP contribution in [0.2, 0.25) is 0 Å².